The number of hydrogen-bond acceptors (Lipinski definition) is 3. The maximum Gasteiger partial charge on any atom is 0.226 e. The molecule has 0 spiro atoms. The van der Waals surface area contributed by atoms with Gasteiger partial charge in [-0.3, -0.25) is 4.79 Å². The number of methoxy groups -OCH3 is 1. The number of aliphatic hydroxyl groups is 1. The van der Waals surface area contributed by atoms with Crippen LogP contribution in [0, 0.1) is 5.92 Å². The van der Waals surface area contributed by atoms with E-state index in [2.05, 4.69) is 31.2 Å². The van der Waals surface area contributed by atoms with E-state index in [1.54, 1.807) is 7.11 Å². The van der Waals surface area contributed by atoms with Crippen LogP contribution in [0.3, 0.4) is 0 Å². The molecule has 0 bridgehead atoms. The SMILES string of the molecule is CCc1ccc(CN(Cc2ccc(OC)cc2)C(=O)[C@H]2CCC[C@H](O)C2)cc1. The summed E-state index contributed by atoms with van der Waals surface area (Å²) < 4.78 is 5.24. The molecule has 1 saturated carbocycles. The number of aryl methyl sites for hydroxylation is 1. The van der Waals surface area contributed by atoms with Crippen LogP contribution in [0.2, 0.25) is 0 Å². The molecule has 1 amide bonds. The molecular formula is C24H31NO3. The third kappa shape index (κ3) is 5.35. The topological polar surface area (TPSA) is 49.8 Å². The van der Waals surface area contributed by atoms with Gasteiger partial charge in [0.05, 0.1) is 13.2 Å². The fourth-order valence-corrected chi connectivity index (χ4v) is 3.91. The van der Waals surface area contributed by atoms with Crippen LogP contribution in [-0.4, -0.2) is 29.1 Å². The van der Waals surface area contributed by atoms with Gasteiger partial charge in [0.25, 0.3) is 0 Å². The highest BCUT2D eigenvalue weighted by atomic mass is 16.5. The second-order valence-electron chi connectivity index (χ2n) is 7.73. The van der Waals surface area contributed by atoms with Crippen molar-refractivity contribution in [2.45, 2.75) is 58.2 Å². The summed E-state index contributed by atoms with van der Waals surface area (Å²) in [6, 6.07) is 16.4. The summed E-state index contributed by atoms with van der Waals surface area (Å²) in [7, 11) is 1.65. The molecule has 0 radical (unpaired) electrons. The van der Waals surface area contributed by atoms with Crippen LogP contribution in [0.1, 0.15) is 49.3 Å². The minimum atomic E-state index is -0.352. The number of nitrogens with zero attached hydrogens (tertiary/aromatic N) is 1. The largest absolute Gasteiger partial charge is 0.497 e. The van der Waals surface area contributed by atoms with Gasteiger partial charge in [-0.1, -0.05) is 49.7 Å². The smallest absolute Gasteiger partial charge is 0.226 e. The van der Waals surface area contributed by atoms with Crippen LogP contribution in [0.25, 0.3) is 0 Å². The maximum atomic E-state index is 13.3. The quantitative estimate of drug-likeness (QED) is 0.776. The highest BCUT2D eigenvalue weighted by molar-refractivity contribution is 5.79. The van der Waals surface area contributed by atoms with Gasteiger partial charge in [-0.25, -0.2) is 0 Å². The van der Waals surface area contributed by atoms with Gasteiger partial charge in [-0.2, -0.15) is 0 Å². The first-order valence-electron chi connectivity index (χ1n) is 10.3. The number of rotatable bonds is 7. The molecule has 1 fully saturated rings. The molecule has 4 heteroatoms. The first-order valence-corrected chi connectivity index (χ1v) is 10.3. The number of aliphatic hydroxyl groups excluding tert-OH is 1. The minimum Gasteiger partial charge on any atom is -0.497 e. The van der Waals surface area contributed by atoms with E-state index in [9.17, 15) is 9.90 Å². The Bertz CT molecular complexity index is 705. The number of benzene rings is 2. The van der Waals surface area contributed by atoms with E-state index in [4.69, 9.17) is 4.74 Å². The van der Waals surface area contributed by atoms with Gasteiger partial charge in [0.15, 0.2) is 0 Å². The van der Waals surface area contributed by atoms with Crippen LogP contribution in [0.15, 0.2) is 48.5 Å². The fraction of sp³-hybridized carbons (Fsp3) is 0.458. The van der Waals surface area contributed by atoms with Crippen molar-refractivity contribution < 1.29 is 14.6 Å². The molecule has 2 aromatic carbocycles. The third-order valence-corrected chi connectivity index (χ3v) is 5.64. The minimum absolute atomic E-state index is 0.0862. The van der Waals surface area contributed by atoms with Crippen LogP contribution < -0.4 is 4.74 Å². The van der Waals surface area contributed by atoms with Crippen molar-refractivity contribution in [2.24, 2.45) is 5.92 Å². The third-order valence-electron chi connectivity index (χ3n) is 5.64. The van der Waals surface area contributed by atoms with Crippen molar-refractivity contribution in [3.05, 3.63) is 65.2 Å². The standard InChI is InChI=1S/C24H31NO3/c1-3-18-7-9-19(10-8-18)16-25(17-20-11-13-23(28-2)14-12-20)24(27)21-5-4-6-22(26)15-21/h7-14,21-22,26H,3-6,15-17H2,1-2H3/t21-,22-/m0/s1. The molecule has 2 aromatic rings. The van der Waals surface area contributed by atoms with Crippen LogP contribution >= 0.6 is 0 Å². The van der Waals surface area contributed by atoms with Crippen LogP contribution in [0.5, 0.6) is 5.75 Å². The summed E-state index contributed by atoms with van der Waals surface area (Å²) >= 11 is 0. The zero-order valence-corrected chi connectivity index (χ0v) is 16.9. The predicted molar refractivity (Wildman–Crippen MR) is 111 cm³/mol. The second kappa shape index (κ2) is 9.74. The Hall–Kier alpha value is -2.33. The molecule has 28 heavy (non-hydrogen) atoms. The summed E-state index contributed by atoms with van der Waals surface area (Å²) in [5.41, 5.74) is 3.51. The monoisotopic (exact) mass is 381 g/mol. The molecule has 0 aromatic heterocycles. The van der Waals surface area contributed by atoms with Gasteiger partial charge in [-0.05, 0) is 54.5 Å². The molecule has 1 aliphatic rings. The van der Waals surface area contributed by atoms with E-state index in [0.29, 0.717) is 19.5 Å². The highest BCUT2D eigenvalue weighted by Gasteiger charge is 2.29. The van der Waals surface area contributed by atoms with Crippen molar-refractivity contribution in [1.29, 1.82) is 0 Å². The second-order valence-corrected chi connectivity index (χ2v) is 7.73. The highest BCUT2D eigenvalue weighted by Crippen LogP contribution is 2.27. The van der Waals surface area contributed by atoms with E-state index in [0.717, 1.165) is 42.6 Å². The zero-order chi connectivity index (χ0) is 19.9. The number of carbonyl (C=O) groups excluding carboxylic acids is 1. The van der Waals surface area contributed by atoms with Gasteiger partial charge in [0, 0.05) is 19.0 Å². The van der Waals surface area contributed by atoms with E-state index >= 15 is 0 Å². The van der Waals surface area contributed by atoms with E-state index in [-0.39, 0.29) is 17.9 Å². The number of carbonyl (C=O) groups is 1. The number of ether oxygens (including phenoxy) is 1. The van der Waals surface area contributed by atoms with Gasteiger partial charge in [0.1, 0.15) is 5.75 Å². The molecular weight excluding hydrogens is 350 g/mol. The lowest BCUT2D eigenvalue weighted by Gasteiger charge is -2.31. The van der Waals surface area contributed by atoms with Crippen LogP contribution in [-0.2, 0) is 24.3 Å². The van der Waals surface area contributed by atoms with Crippen molar-refractivity contribution >= 4 is 5.91 Å². The predicted octanol–water partition coefficient (Wildman–Crippen LogP) is 4.34. The number of hydrogen-bond donors (Lipinski definition) is 1. The summed E-state index contributed by atoms with van der Waals surface area (Å²) in [5.74, 6) is 0.873. The molecule has 3 rings (SSSR count). The van der Waals surface area contributed by atoms with Crippen molar-refractivity contribution in [1.82, 2.24) is 4.90 Å². The van der Waals surface area contributed by atoms with E-state index < -0.39 is 0 Å². The Kier molecular flexibility index (Phi) is 7.10. The molecule has 0 saturated heterocycles. The molecule has 0 unspecified atom stereocenters. The summed E-state index contributed by atoms with van der Waals surface area (Å²) in [5, 5.41) is 10.0. The van der Waals surface area contributed by atoms with Gasteiger partial charge >= 0.3 is 0 Å². The summed E-state index contributed by atoms with van der Waals surface area (Å²) in [6.45, 7) is 3.29. The molecule has 0 aliphatic heterocycles. The van der Waals surface area contributed by atoms with Gasteiger partial charge < -0.3 is 14.7 Å². The van der Waals surface area contributed by atoms with Crippen LogP contribution in [0.4, 0.5) is 0 Å². The zero-order valence-electron chi connectivity index (χ0n) is 16.9. The Morgan fingerprint density at radius 1 is 1.00 bits per heavy atom. The Labute approximate surface area is 168 Å². The number of amides is 1. The molecule has 1 N–H and O–H groups in total. The maximum absolute atomic E-state index is 13.3. The van der Waals surface area contributed by atoms with Crippen molar-refractivity contribution in [2.75, 3.05) is 7.11 Å². The molecule has 4 nitrogen and oxygen atoms in total. The van der Waals surface area contributed by atoms with Gasteiger partial charge in [-0.15, -0.1) is 0 Å². The molecule has 2 atom stereocenters. The summed E-state index contributed by atoms with van der Waals surface area (Å²) in [4.78, 5) is 15.2. The van der Waals surface area contributed by atoms with E-state index in [1.807, 2.05) is 29.2 Å². The average molecular weight is 382 g/mol. The lowest BCUT2D eigenvalue weighted by Crippen LogP contribution is -2.38. The molecule has 0 heterocycles. The van der Waals surface area contributed by atoms with Crippen molar-refractivity contribution in [3.63, 3.8) is 0 Å². The lowest BCUT2D eigenvalue weighted by atomic mass is 9.86. The van der Waals surface area contributed by atoms with Gasteiger partial charge in [0.2, 0.25) is 5.91 Å². The first-order chi connectivity index (χ1) is 13.6. The fourth-order valence-electron chi connectivity index (χ4n) is 3.91. The Morgan fingerprint density at radius 2 is 1.57 bits per heavy atom. The first kappa shape index (κ1) is 20.4. The average Bonchev–Trinajstić information content (AvgIpc) is 2.74. The normalized spacial score (nSPS) is 19.2. The lowest BCUT2D eigenvalue weighted by molar-refractivity contribution is -0.139. The summed E-state index contributed by atoms with van der Waals surface area (Å²) in [6.07, 6.45) is 3.82. The van der Waals surface area contributed by atoms with Crippen molar-refractivity contribution in [3.8, 4) is 5.75 Å². The Morgan fingerprint density at radius 3 is 2.11 bits per heavy atom. The molecule has 150 valence electrons. The van der Waals surface area contributed by atoms with E-state index in [1.165, 1.54) is 5.56 Å². The Balaban J connectivity index is 1.77. The molecule has 1 aliphatic carbocycles.